The molecule has 0 aromatic heterocycles. The topological polar surface area (TPSA) is 18.5 Å². The molecule has 0 radical (unpaired) electrons. The molecule has 0 aromatic rings. The molecule has 0 saturated heterocycles. The van der Waals surface area contributed by atoms with Crippen LogP contribution in [0.4, 0.5) is 0 Å². The molecule has 2 nitrogen and oxygen atoms in total. The van der Waals surface area contributed by atoms with E-state index >= 15 is 0 Å². The molecule has 0 heterocycles. The molecule has 16 heavy (non-hydrogen) atoms. The van der Waals surface area contributed by atoms with E-state index in [1.54, 1.807) is 14.2 Å². The summed E-state index contributed by atoms with van der Waals surface area (Å²) in [6, 6.07) is 0. The summed E-state index contributed by atoms with van der Waals surface area (Å²) >= 11 is 3.00. The predicted octanol–water partition coefficient (Wildman–Crippen LogP) is 2.53. The van der Waals surface area contributed by atoms with Crippen molar-refractivity contribution in [2.45, 2.75) is 38.2 Å². The molecule has 0 bridgehead atoms. The molecule has 1 atom stereocenters. The number of rotatable bonds is 4. The fraction of sp³-hybridized carbons (Fsp3) is 0.615. The van der Waals surface area contributed by atoms with Crippen molar-refractivity contribution in [3.8, 4) is 0 Å². The monoisotopic (exact) mass is 258 g/mol. The summed E-state index contributed by atoms with van der Waals surface area (Å²) in [5, 5.41) is 0. The quantitative estimate of drug-likeness (QED) is 0.771. The first kappa shape index (κ1) is 12.3. The molecule has 0 N–H and O–H groups in total. The van der Waals surface area contributed by atoms with Crippen LogP contribution in [0.1, 0.15) is 32.6 Å². The third-order valence-electron chi connectivity index (χ3n) is 3.61. The molecule has 0 aromatic carbocycles. The van der Waals surface area contributed by atoms with Crippen LogP contribution in [0.5, 0.6) is 0 Å². The van der Waals surface area contributed by atoms with E-state index in [2.05, 4.69) is 28.9 Å². The Hall–Kier alpha value is -0.198. The second-order valence-corrected chi connectivity index (χ2v) is 5.16. The number of hydrogen-bond donors (Lipinski definition) is 0. The Morgan fingerprint density at radius 1 is 1.44 bits per heavy atom. The van der Waals surface area contributed by atoms with Gasteiger partial charge in [-0.05, 0) is 0 Å². The van der Waals surface area contributed by atoms with E-state index in [0.717, 1.165) is 11.0 Å². The van der Waals surface area contributed by atoms with Crippen molar-refractivity contribution in [3.63, 3.8) is 0 Å². The number of methoxy groups -OCH3 is 2. The molecule has 2 aliphatic carbocycles. The molecule has 88 valence electrons. The van der Waals surface area contributed by atoms with E-state index in [4.69, 9.17) is 9.47 Å². The van der Waals surface area contributed by atoms with Crippen molar-refractivity contribution >= 4 is 4.57 Å². The van der Waals surface area contributed by atoms with Crippen LogP contribution in [0.3, 0.4) is 0 Å². The van der Waals surface area contributed by atoms with Gasteiger partial charge < -0.3 is 0 Å². The van der Waals surface area contributed by atoms with E-state index < -0.39 is 0 Å². The van der Waals surface area contributed by atoms with Gasteiger partial charge >= 0.3 is 105 Å². The van der Waals surface area contributed by atoms with Crippen molar-refractivity contribution in [1.29, 1.82) is 0 Å². The van der Waals surface area contributed by atoms with E-state index in [1.165, 1.54) is 36.0 Å². The molecule has 0 fully saturated rings. The first-order valence-corrected chi connectivity index (χ1v) is 6.32. The van der Waals surface area contributed by atoms with Gasteiger partial charge in [0.2, 0.25) is 0 Å². The molecule has 3 heteroatoms. The SMILES string of the molecule is CO[C](=[Cr])C1=C(C2=CCCC2)CC1(C)OC. The first-order valence-electron chi connectivity index (χ1n) is 5.69. The number of ether oxygens (including phenoxy) is 2. The van der Waals surface area contributed by atoms with Gasteiger partial charge in [0.25, 0.3) is 0 Å². The van der Waals surface area contributed by atoms with Gasteiger partial charge in [-0.3, -0.25) is 0 Å². The van der Waals surface area contributed by atoms with Crippen molar-refractivity contribution in [2.75, 3.05) is 14.2 Å². The molecule has 0 saturated carbocycles. The van der Waals surface area contributed by atoms with Crippen molar-refractivity contribution in [2.24, 2.45) is 0 Å². The van der Waals surface area contributed by atoms with Gasteiger partial charge in [0, 0.05) is 0 Å². The van der Waals surface area contributed by atoms with Gasteiger partial charge in [0.15, 0.2) is 0 Å². The number of hydrogen-bond acceptors (Lipinski definition) is 2. The summed E-state index contributed by atoms with van der Waals surface area (Å²) in [6.07, 6.45) is 7.06. The molecule has 0 amide bonds. The van der Waals surface area contributed by atoms with Gasteiger partial charge in [-0.1, -0.05) is 0 Å². The Balaban J connectivity index is 2.34. The molecule has 2 rings (SSSR count). The summed E-state index contributed by atoms with van der Waals surface area (Å²) in [7, 11) is 3.47. The maximum absolute atomic E-state index is 5.59. The number of allylic oxidation sites excluding steroid dienone is 2. The summed E-state index contributed by atoms with van der Waals surface area (Å²) in [6.45, 7) is 2.12. The van der Waals surface area contributed by atoms with Crippen LogP contribution in [0.25, 0.3) is 0 Å². The summed E-state index contributed by atoms with van der Waals surface area (Å²) in [4.78, 5) is 0. The van der Waals surface area contributed by atoms with Crippen LogP contribution in [0, 0.1) is 0 Å². The zero-order valence-corrected chi connectivity index (χ0v) is 11.4. The van der Waals surface area contributed by atoms with Crippen LogP contribution >= 0.6 is 0 Å². The van der Waals surface area contributed by atoms with E-state index in [-0.39, 0.29) is 5.60 Å². The van der Waals surface area contributed by atoms with Crippen LogP contribution < -0.4 is 0 Å². The predicted molar refractivity (Wildman–Crippen MR) is 61.0 cm³/mol. The summed E-state index contributed by atoms with van der Waals surface area (Å²) in [5.41, 5.74) is 3.97. The third kappa shape index (κ3) is 1.87. The first-order chi connectivity index (χ1) is 7.62. The van der Waals surface area contributed by atoms with Crippen molar-refractivity contribution < 1.29 is 25.3 Å². The fourth-order valence-electron chi connectivity index (χ4n) is 2.56. The molecule has 1 unspecified atom stereocenters. The van der Waals surface area contributed by atoms with Crippen LogP contribution in [0.2, 0.25) is 0 Å². The Morgan fingerprint density at radius 2 is 2.19 bits per heavy atom. The Morgan fingerprint density at radius 3 is 2.69 bits per heavy atom. The minimum absolute atomic E-state index is 0.171. The average Bonchev–Trinajstić information content (AvgIpc) is 2.78. The molecule has 0 aliphatic heterocycles. The summed E-state index contributed by atoms with van der Waals surface area (Å²) in [5.74, 6) is 0. The Kier molecular flexibility index (Phi) is 3.51. The molecular weight excluding hydrogens is 240 g/mol. The second kappa shape index (κ2) is 4.58. The van der Waals surface area contributed by atoms with Gasteiger partial charge in [-0.15, -0.1) is 0 Å². The standard InChI is InChI=1S/C13H18O2.Cr/c1-13(15-3)8-11(12(13)9-14-2)10-6-4-5-7-10;/h6H,4-5,7-8H2,1-3H3;. The Bertz CT molecular complexity index is 381. The third-order valence-corrected chi connectivity index (χ3v) is 4.19. The maximum atomic E-state index is 5.59. The van der Waals surface area contributed by atoms with E-state index in [0.29, 0.717) is 0 Å². The van der Waals surface area contributed by atoms with Crippen LogP contribution in [-0.4, -0.2) is 24.4 Å². The van der Waals surface area contributed by atoms with Gasteiger partial charge in [-0.25, -0.2) is 0 Å². The zero-order chi connectivity index (χ0) is 11.8. The molecule has 2 aliphatic rings. The van der Waals surface area contributed by atoms with Crippen LogP contribution in [0.15, 0.2) is 22.8 Å². The van der Waals surface area contributed by atoms with Crippen molar-refractivity contribution in [1.82, 2.24) is 0 Å². The Labute approximate surface area is 105 Å². The van der Waals surface area contributed by atoms with E-state index in [1.807, 2.05) is 0 Å². The zero-order valence-electron chi connectivity index (χ0n) is 10.1. The fourth-order valence-corrected chi connectivity index (χ4v) is 3.09. The summed E-state index contributed by atoms with van der Waals surface area (Å²) < 4.78 is 11.8. The normalized spacial score (nSPS) is 29.1. The van der Waals surface area contributed by atoms with Crippen molar-refractivity contribution in [3.05, 3.63) is 22.8 Å². The second-order valence-electron chi connectivity index (χ2n) is 4.58. The van der Waals surface area contributed by atoms with Gasteiger partial charge in [-0.2, -0.15) is 0 Å². The minimum atomic E-state index is -0.171. The van der Waals surface area contributed by atoms with E-state index in [9.17, 15) is 0 Å². The molecule has 0 spiro atoms. The molecular formula is C13H18CrO2. The van der Waals surface area contributed by atoms with Gasteiger partial charge in [0.1, 0.15) is 0 Å². The van der Waals surface area contributed by atoms with Crippen LogP contribution in [-0.2, 0) is 25.3 Å². The average molecular weight is 258 g/mol. The van der Waals surface area contributed by atoms with Gasteiger partial charge in [0.05, 0.1) is 0 Å².